The molecule has 0 radical (unpaired) electrons. The van der Waals surface area contributed by atoms with Crippen LogP contribution in [-0.2, 0) is 11.2 Å². The first-order valence-electron chi connectivity index (χ1n) is 6.11. The molecule has 0 atom stereocenters. The van der Waals surface area contributed by atoms with Crippen molar-refractivity contribution in [1.29, 1.82) is 0 Å². The summed E-state index contributed by atoms with van der Waals surface area (Å²) >= 11 is 0. The number of nitrogens with one attached hydrogen (secondary N) is 1. The van der Waals surface area contributed by atoms with Crippen molar-refractivity contribution in [2.75, 3.05) is 30.3 Å². The lowest BCUT2D eigenvalue weighted by Crippen LogP contribution is -2.29. The molecule has 1 aliphatic rings. The number of nitrogens with zero attached hydrogens (tertiary/aromatic N) is 1. The molecule has 1 aromatic rings. The summed E-state index contributed by atoms with van der Waals surface area (Å²) in [6.45, 7) is 4.36. The van der Waals surface area contributed by atoms with Crippen LogP contribution in [0.4, 0.5) is 11.4 Å². The maximum Gasteiger partial charge on any atom is 0.221 e. The van der Waals surface area contributed by atoms with Crippen LogP contribution in [0.2, 0.25) is 0 Å². The van der Waals surface area contributed by atoms with Crippen molar-refractivity contribution >= 4 is 17.3 Å². The van der Waals surface area contributed by atoms with Crippen LogP contribution in [0, 0.1) is 0 Å². The summed E-state index contributed by atoms with van der Waals surface area (Å²) in [7, 11) is 0. The number of rotatable bonds is 4. The molecule has 0 aromatic heterocycles. The largest absolute Gasteiger partial charge is 0.398 e. The molecule has 1 aromatic carbocycles. The van der Waals surface area contributed by atoms with Gasteiger partial charge in [0, 0.05) is 43.0 Å². The van der Waals surface area contributed by atoms with Gasteiger partial charge < -0.3 is 16.0 Å². The second kappa shape index (κ2) is 5.08. The average Bonchev–Trinajstić information content (AvgIpc) is 2.72. The molecule has 4 nitrogen and oxygen atoms in total. The molecule has 0 fully saturated rings. The van der Waals surface area contributed by atoms with Crippen molar-refractivity contribution in [3.05, 3.63) is 23.8 Å². The molecule has 4 heteroatoms. The van der Waals surface area contributed by atoms with Gasteiger partial charge in [-0.2, -0.15) is 0 Å². The second-order valence-electron chi connectivity index (χ2n) is 4.29. The number of nitrogens with two attached hydrogens (primary N) is 1. The molecule has 0 unspecified atom stereocenters. The highest BCUT2D eigenvalue weighted by atomic mass is 16.1. The summed E-state index contributed by atoms with van der Waals surface area (Å²) < 4.78 is 0. The van der Waals surface area contributed by atoms with Crippen molar-refractivity contribution < 1.29 is 4.79 Å². The van der Waals surface area contributed by atoms with Crippen molar-refractivity contribution in [2.45, 2.75) is 19.8 Å². The van der Waals surface area contributed by atoms with E-state index in [1.807, 2.05) is 19.1 Å². The van der Waals surface area contributed by atoms with E-state index in [1.54, 1.807) is 0 Å². The van der Waals surface area contributed by atoms with Gasteiger partial charge >= 0.3 is 0 Å². The topological polar surface area (TPSA) is 58.4 Å². The zero-order valence-corrected chi connectivity index (χ0v) is 10.2. The Morgan fingerprint density at radius 1 is 1.53 bits per heavy atom. The highest BCUT2D eigenvalue weighted by Gasteiger charge is 2.20. The fourth-order valence-electron chi connectivity index (χ4n) is 2.28. The van der Waals surface area contributed by atoms with Crippen LogP contribution < -0.4 is 16.0 Å². The maximum atomic E-state index is 11.4. The van der Waals surface area contributed by atoms with E-state index in [9.17, 15) is 4.79 Å². The lowest BCUT2D eigenvalue weighted by molar-refractivity contribution is -0.120. The molecule has 2 rings (SSSR count). The molecule has 0 saturated carbocycles. The minimum Gasteiger partial charge on any atom is -0.398 e. The summed E-state index contributed by atoms with van der Waals surface area (Å²) in [4.78, 5) is 13.7. The van der Waals surface area contributed by atoms with E-state index < -0.39 is 0 Å². The molecule has 0 aliphatic carbocycles. The van der Waals surface area contributed by atoms with Crippen LogP contribution in [0.5, 0.6) is 0 Å². The third kappa shape index (κ3) is 2.52. The Morgan fingerprint density at radius 3 is 3.12 bits per heavy atom. The van der Waals surface area contributed by atoms with Crippen LogP contribution in [0.1, 0.15) is 18.9 Å². The van der Waals surface area contributed by atoms with E-state index in [4.69, 9.17) is 5.73 Å². The van der Waals surface area contributed by atoms with Crippen LogP contribution in [0.15, 0.2) is 18.2 Å². The van der Waals surface area contributed by atoms with Gasteiger partial charge in [0.25, 0.3) is 0 Å². The molecule has 1 heterocycles. The van der Waals surface area contributed by atoms with Crippen molar-refractivity contribution in [3.63, 3.8) is 0 Å². The van der Waals surface area contributed by atoms with E-state index in [0.29, 0.717) is 13.0 Å². The Morgan fingerprint density at radius 2 is 2.35 bits per heavy atom. The lowest BCUT2D eigenvalue weighted by Gasteiger charge is -2.19. The van der Waals surface area contributed by atoms with Crippen molar-refractivity contribution in [3.8, 4) is 0 Å². The van der Waals surface area contributed by atoms with Gasteiger partial charge in [-0.1, -0.05) is 6.07 Å². The predicted octanol–water partition coefficient (Wildman–Crippen LogP) is 1.16. The Bertz CT molecular complexity index is 417. The van der Waals surface area contributed by atoms with E-state index in [-0.39, 0.29) is 5.91 Å². The van der Waals surface area contributed by atoms with Gasteiger partial charge in [-0.3, -0.25) is 4.79 Å². The SMILES string of the molecule is CCNC(=O)CCN1CCc2c(N)cccc21. The summed E-state index contributed by atoms with van der Waals surface area (Å²) in [5, 5.41) is 2.81. The third-order valence-electron chi connectivity index (χ3n) is 3.14. The van der Waals surface area contributed by atoms with E-state index in [0.717, 1.165) is 25.2 Å². The Labute approximate surface area is 102 Å². The van der Waals surface area contributed by atoms with Gasteiger partial charge in [0.2, 0.25) is 5.91 Å². The van der Waals surface area contributed by atoms with E-state index >= 15 is 0 Å². The molecule has 0 spiro atoms. The Kier molecular flexibility index (Phi) is 3.52. The lowest BCUT2D eigenvalue weighted by atomic mass is 10.1. The summed E-state index contributed by atoms with van der Waals surface area (Å²) in [5.74, 6) is 0.116. The van der Waals surface area contributed by atoms with Gasteiger partial charge in [0.15, 0.2) is 0 Å². The van der Waals surface area contributed by atoms with Crippen molar-refractivity contribution in [1.82, 2.24) is 5.32 Å². The van der Waals surface area contributed by atoms with Crippen LogP contribution in [-0.4, -0.2) is 25.5 Å². The Hall–Kier alpha value is -1.71. The summed E-state index contributed by atoms with van der Waals surface area (Å²) in [6.07, 6.45) is 1.53. The number of benzene rings is 1. The van der Waals surface area contributed by atoms with Crippen LogP contribution in [0.25, 0.3) is 0 Å². The number of carbonyl (C=O) groups excluding carboxylic acids is 1. The number of hydrogen-bond donors (Lipinski definition) is 2. The molecule has 0 bridgehead atoms. The maximum absolute atomic E-state index is 11.4. The third-order valence-corrected chi connectivity index (χ3v) is 3.14. The fraction of sp³-hybridized carbons (Fsp3) is 0.462. The fourth-order valence-corrected chi connectivity index (χ4v) is 2.28. The molecule has 17 heavy (non-hydrogen) atoms. The predicted molar refractivity (Wildman–Crippen MR) is 70.1 cm³/mol. The molecule has 1 aliphatic heterocycles. The number of carbonyl (C=O) groups is 1. The molecule has 3 N–H and O–H groups in total. The Balaban J connectivity index is 1.98. The first-order valence-corrected chi connectivity index (χ1v) is 6.11. The molecular weight excluding hydrogens is 214 g/mol. The first kappa shape index (κ1) is 11.8. The highest BCUT2D eigenvalue weighted by Crippen LogP contribution is 2.31. The highest BCUT2D eigenvalue weighted by molar-refractivity contribution is 5.77. The standard InChI is InChI=1S/C13H19N3O/c1-2-15-13(17)7-9-16-8-6-10-11(14)4-3-5-12(10)16/h3-5H,2,6-9,14H2,1H3,(H,15,17). The molecule has 0 saturated heterocycles. The second-order valence-corrected chi connectivity index (χ2v) is 4.29. The van der Waals surface area contributed by atoms with E-state index in [1.165, 1.54) is 11.3 Å². The minimum atomic E-state index is 0.116. The normalized spacial score (nSPS) is 13.6. The number of fused-ring (bicyclic) bond motifs is 1. The van der Waals surface area contributed by atoms with Gasteiger partial charge in [0.05, 0.1) is 0 Å². The number of hydrogen-bond acceptors (Lipinski definition) is 3. The smallest absolute Gasteiger partial charge is 0.221 e. The summed E-state index contributed by atoms with van der Waals surface area (Å²) in [5.41, 5.74) is 9.21. The molecular formula is C13H19N3O. The minimum absolute atomic E-state index is 0.116. The van der Waals surface area contributed by atoms with Crippen LogP contribution >= 0.6 is 0 Å². The van der Waals surface area contributed by atoms with Gasteiger partial charge in [-0.05, 0) is 25.5 Å². The van der Waals surface area contributed by atoms with Crippen molar-refractivity contribution in [2.24, 2.45) is 0 Å². The zero-order valence-electron chi connectivity index (χ0n) is 10.2. The van der Waals surface area contributed by atoms with Crippen LogP contribution in [0.3, 0.4) is 0 Å². The zero-order chi connectivity index (χ0) is 12.3. The van der Waals surface area contributed by atoms with Gasteiger partial charge in [-0.15, -0.1) is 0 Å². The molecule has 1 amide bonds. The van der Waals surface area contributed by atoms with Gasteiger partial charge in [-0.25, -0.2) is 0 Å². The number of nitrogen functional groups attached to an aromatic ring is 1. The summed E-state index contributed by atoms with van der Waals surface area (Å²) in [6, 6.07) is 5.99. The quantitative estimate of drug-likeness (QED) is 0.767. The van der Waals surface area contributed by atoms with E-state index in [2.05, 4.69) is 16.3 Å². The number of anilines is 2. The van der Waals surface area contributed by atoms with Gasteiger partial charge in [0.1, 0.15) is 0 Å². The average molecular weight is 233 g/mol. The monoisotopic (exact) mass is 233 g/mol. The number of amides is 1. The first-order chi connectivity index (χ1) is 8.22. The molecule has 92 valence electrons.